The molecule has 8 nitrogen and oxygen atoms in total. The van der Waals surface area contributed by atoms with E-state index in [1.54, 1.807) is 36.5 Å². The van der Waals surface area contributed by atoms with E-state index >= 15 is 0 Å². The van der Waals surface area contributed by atoms with E-state index in [-0.39, 0.29) is 12.3 Å². The van der Waals surface area contributed by atoms with Crippen LogP contribution in [0.2, 0.25) is 0 Å². The zero-order valence-corrected chi connectivity index (χ0v) is 27.1. The van der Waals surface area contributed by atoms with Gasteiger partial charge in [0.15, 0.2) is 0 Å². The van der Waals surface area contributed by atoms with Gasteiger partial charge in [0.1, 0.15) is 17.4 Å². The van der Waals surface area contributed by atoms with Gasteiger partial charge in [-0.1, -0.05) is 81.2 Å². The summed E-state index contributed by atoms with van der Waals surface area (Å²) in [5.41, 5.74) is 1.56. The number of alkyl halides is 1. The molecule has 4 N–H and O–H groups in total. The molecule has 1 aliphatic carbocycles. The number of carbonyl (C=O) groups excluding carboxylic acids is 1. The lowest BCUT2D eigenvalue weighted by Gasteiger charge is -2.28. The predicted molar refractivity (Wildman–Crippen MR) is 187 cm³/mol. The first-order valence-electron chi connectivity index (χ1n) is 15.0. The second-order valence-corrected chi connectivity index (χ2v) is 10.1. The summed E-state index contributed by atoms with van der Waals surface area (Å²) >= 11 is 5.75. The number of amides is 2. The zero-order valence-electron chi connectivity index (χ0n) is 26.4. The van der Waals surface area contributed by atoms with E-state index in [0.29, 0.717) is 48.9 Å². The molecule has 0 saturated heterocycles. The van der Waals surface area contributed by atoms with Crippen molar-refractivity contribution in [1.82, 2.24) is 15.5 Å². The minimum atomic E-state index is -0.935. The topological polar surface area (TPSA) is 115 Å². The number of nitrogens with zero attached hydrogens (tertiary/aromatic N) is 1. The van der Waals surface area contributed by atoms with Crippen LogP contribution in [0.15, 0.2) is 133 Å². The third kappa shape index (κ3) is 17.4. The van der Waals surface area contributed by atoms with Crippen molar-refractivity contribution in [3.05, 3.63) is 133 Å². The Morgan fingerprint density at radius 3 is 2.58 bits per heavy atom. The Morgan fingerprint density at radius 2 is 1.91 bits per heavy atom. The average molecular weight is 635 g/mol. The van der Waals surface area contributed by atoms with Crippen molar-refractivity contribution in [3.63, 3.8) is 0 Å². The lowest BCUT2D eigenvalue weighted by Crippen LogP contribution is -2.50. The highest BCUT2D eigenvalue weighted by atomic mass is 35.5. The Bertz CT molecular complexity index is 1280. The summed E-state index contributed by atoms with van der Waals surface area (Å²) in [4.78, 5) is 26.0. The molecule has 0 aliphatic heterocycles. The van der Waals surface area contributed by atoms with Gasteiger partial charge in [-0.05, 0) is 68.2 Å². The minimum Gasteiger partial charge on any atom is -0.481 e. The van der Waals surface area contributed by atoms with Crippen LogP contribution in [0.25, 0.3) is 0 Å². The van der Waals surface area contributed by atoms with E-state index < -0.39 is 18.0 Å². The summed E-state index contributed by atoms with van der Waals surface area (Å²) in [6.07, 6.45) is 31.6. The number of carbonyl (C=O) groups is 2. The number of hydrogen-bond donors (Lipinski definition) is 4. The first-order valence-corrected chi connectivity index (χ1v) is 15.5. The van der Waals surface area contributed by atoms with Crippen LogP contribution >= 0.6 is 11.6 Å². The number of rotatable bonds is 20. The maximum Gasteiger partial charge on any atom is 0.319 e. The number of nitrogens with one attached hydrogen (secondary N) is 3. The van der Waals surface area contributed by atoms with Gasteiger partial charge in [-0.2, -0.15) is 0 Å². The average Bonchev–Trinajstić information content (AvgIpc) is 3.23. The van der Waals surface area contributed by atoms with Crippen LogP contribution < -0.4 is 10.6 Å². The molecule has 0 aromatic rings. The van der Waals surface area contributed by atoms with Crippen LogP contribution in [0.4, 0.5) is 4.79 Å². The summed E-state index contributed by atoms with van der Waals surface area (Å²) in [7, 11) is 0. The van der Waals surface area contributed by atoms with E-state index in [2.05, 4.69) is 30.7 Å². The molecular formula is C36H47ClN4O4. The Labute approximate surface area is 273 Å². The van der Waals surface area contributed by atoms with Gasteiger partial charge < -0.3 is 25.4 Å². The number of carboxylic acids is 1. The summed E-state index contributed by atoms with van der Waals surface area (Å²) in [5.74, 6) is 0.731. The lowest BCUT2D eigenvalue weighted by atomic mass is 10.0. The van der Waals surface area contributed by atoms with Crippen LogP contribution in [0.3, 0.4) is 0 Å². The summed E-state index contributed by atoms with van der Waals surface area (Å²) in [6, 6.07) is -1.08. The van der Waals surface area contributed by atoms with Gasteiger partial charge in [0, 0.05) is 30.7 Å². The summed E-state index contributed by atoms with van der Waals surface area (Å²) in [5, 5.41) is 24.0. The second-order valence-electron chi connectivity index (χ2n) is 9.77. The molecule has 45 heavy (non-hydrogen) atoms. The molecule has 2 amide bonds. The maximum atomic E-state index is 13.2. The number of allylic oxidation sites excluding steroid dienone is 14. The number of urea groups is 1. The van der Waals surface area contributed by atoms with Gasteiger partial charge in [0.05, 0.1) is 12.5 Å². The lowest BCUT2D eigenvalue weighted by molar-refractivity contribution is -0.136. The van der Waals surface area contributed by atoms with Gasteiger partial charge >= 0.3 is 12.0 Å². The van der Waals surface area contributed by atoms with Crippen molar-refractivity contribution in [3.8, 4) is 0 Å². The number of aliphatic carboxylic acids is 1. The van der Waals surface area contributed by atoms with Crippen molar-refractivity contribution in [2.75, 3.05) is 12.4 Å². The third-order valence-electron chi connectivity index (χ3n) is 6.15. The standard InChI is InChI=1S/C36H47ClN4O4/c1-5-9-13-27-41(26-10-6-2)35(38)33(40-36(44)39-30(16-7-3)19-11-12-25-37)28-29-18-14-20-32(24-23-29)45-31(17-8-4)21-15-22-34(42)43/h5,7-9,11-13,15-18,20-21,23-24,27,33,38H,3-4,6,10,14,19,22,25-26,28H2,1-2H3,(H,42,43)(H2,39,40,44)/b9-5+,12-11-,21-15-,27-13+,30-16+,31-17+,38-35?. The molecule has 0 radical (unpaired) electrons. The largest absolute Gasteiger partial charge is 0.481 e. The third-order valence-corrected chi connectivity index (χ3v) is 6.32. The zero-order chi connectivity index (χ0) is 33.3. The molecule has 1 atom stereocenters. The molecule has 0 heterocycles. The Kier molecular flexibility index (Phi) is 20.4. The molecule has 1 rings (SSSR count). The molecule has 0 saturated carbocycles. The van der Waals surface area contributed by atoms with E-state index in [1.165, 1.54) is 6.08 Å². The van der Waals surface area contributed by atoms with E-state index in [0.717, 1.165) is 18.4 Å². The Balaban J connectivity index is 3.24. The molecule has 0 spiro atoms. The summed E-state index contributed by atoms with van der Waals surface area (Å²) in [6.45, 7) is 12.1. The molecular weight excluding hydrogens is 588 g/mol. The second kappa shape index (κ2) is 23.8. The van der Waals surface area contributed by atoms with Crippen LogP contribution in [-0.2, 0) is 9.53 Å². The van der Waals surface area contributed by atoms with Gasteiger partial charge in [0.25, 0.3) is 0 Å². The number of amidine groups is 1. The van der Waals surface area contributed by atoms with Crippen molar-refractivity contribution >= 4 is 29.4 Å². The molecule has 1 unspecified atom stereocenters. The van der Waals surface area contributed by atoms with Crippen LogP contribution in [0.5, 0.6) is 0 Å². The van der Waals surface area contributed by atoms with Gasteiger partial charge in [-0.25, -0.2) is 4.79 Å². The molecule has 0 aromatic carbocycles. The molecule has 1 aliphatic rings. The fraction of sp³-hybridized carbons (Fsp3) is 0.306. The monoisotopic (exact) mass is 634 g/mol. The molecule has 0 aromatic heterocycles. The number of unbranched alkanes of at least 4 members (excludes halogenated alkanes) is 1. The summed E-state index contributed by atoms with van der Waals surface area (Å²) < 4.78 is 5.98. The highest BCUT2D eigenvalue weighted by Gasteiger charge is 2.23. The number of ether oxygens (including phenoxy) is 1. The van der Waals surface area contributed by atoms with E-state index in [4.69, 9.17) is 26.9 Å². The van der Waals surface area contributed by atoms with Gasteiger partial charge in [-0.15, -0.1) is 11.6 Å². The highest BCUT2D eigenvalue weighted by Crippen LogP contribution is 2.20. The molecule has 9 heteroatoms. The van der Waals surface area contributed by atoms with Crippen molar-refractivity contribution in [2.24, 2.45) is 0 Å². The first-order chi connectivity index (χ1) is 21.8. The van der Waals surface area contributed by atoms with E-state index in [1.807, 2.05) is 66.6 Å². The Morgan fingerprint density at radius 1 is 1.13 bits per heavy atom. The van der Waals surface area contributed by atoms with Crippen LogP contribution in [-0.4, -0.2) is 46.3 Å². The van der Waals surface area contributed by atoms with Crippen LogP contribution in [0.1, 0.15) is 52.4 Å². The normalized spacial score (nSPS) is 14.7. The van der Waals surface area contributed by atoms with Crippen molar-refractivity contribution < 1.29 is 19.4 Å². The molecule has 242 valence electrons. The SMILES string of the molecule is C=C/C=C(\C/C=C\CCl)NC(=O)NC(CC1=CCC=C(OC(/C=C\CC(=O)O)=C/C=C)C=C1)C(=N)N(/C=C/C=C/C)CCCC. The van der Waals surface area contributed by atoms with Crippen molar-refractivity contribution in [1.29, 1.82) is 5.41 Å². The van der Waals surface area contributed by atoms with Gasteiger partial charge in [-0.3, -0.25) is 10.2 Å². The number of hydrogen-bond acceptors (Lipinski definition) is 4. The fourth-order valence-electron chi connectivity index (χ4n) is 3.97. The highest BCUT2D eigenvalue weighted by molar-refractivity contribution is 6.18. The molecule has 0 fully saturated rings. The quantitative estimate of drug-likeness (QED) is 0.0268. The van der Waals surface area contributed by atoms with E-state index in [9.17, 15) is 9.59 Å². The number of carboxylic acid groups (broad SMARTS) is 1. The minimum absolute atomic E-state index is 0.124. The Hall–Kier alpha value is -4.56. The molecule has 0 bridgehead atoms. The number of halogens is 1. The van der Waals surface area contributed by atoms with Gasteiger partial charge in [0.2, 0.25) is 0 Å². The predicted octanol–water partition coefficient (Wildman–Crippen LogP) is 8.36. The van der Waals surface area contributed by atoms with Crippen LogP contribution in [0, 0.1) is 5.41 Å². The fourth-order valence-corrected chi connectivity index (χ4v) is 4.09. The smallest absolute Gasteiger partial charge is 0.319 e. The first kappa shape index (κ1) is 38.5. The maximum absolute atomic E-state index is 13.2. The van der Waals surface area contributed by atoms with Crippen molar-refractivity contribution in [2.45, 2.75) is 58.4 Å².